The monoisotopic (exact) mass is 320 g/mol. The number of fused-ring (bicyclic) bond motifs is 1. The van der Waals surface area contributed by atoms with Crippen molar-refractivity contribution in [3.63, 3.8) is 0 Å². The van der Waals surface area contributed by atoms with Gasteiger partial charge in [0.1, 0.15) is 0 Å². The predicted molar refractivity (Wildman–Crippen MR) is 88.6 cm³/mol. The summed E-state index contributed by atoms with van der Waals surface area (Å²) in [5, 5.41) is 4.53. The van der Waals surface area contributed by atoms with Crippen LogP contribution >= 0.6 is 0 Å². The number of hydrogen-bond acceptors (Lipinski definition) is 4. The Morgan fingerprint density at radius 2 is 2.09 bits per heavy atom. The molecule has 0 unspecified atom stereocenters. The summed E-state index contributed by atoms with van der Waals surface area (Å²) < 4.78 is 7.75. The number of ether oxygens (including phenoxy) is 1. The smallest absolute Gasteiger partial charge is 0.257 e. The summed E-state index contributed by atoms with van der Waals surface area (Å²) in [5.74, 6) is 0.0930. The Hall–Kier alpha value is -1.40. The van der Waals surface area contributed by atoms with Crippen LogP contribution in [-0.4, -0.2) is 70.9 Å². The van der Waals surface area contributed by atoms with Crippen LogP contribution < -0.4 is 0 Å². The van der Waals surface area contributed by atoms with Crippen molar-refractivity contribution in [1.29, 1.82) is 0 Å². The van der Waals surface area contributed by atoms with Gasteiger partial charge < -0.3 is 9.64 Å². The van der Waals surface area contributed by atoms with Crippen LogP contribution in [0.25, 0.3) is 0 Å². The molecule has 6 nitrogen and oxygen atoms in total. The number of likely N-dealkylation sites (N-methyl/N-ethyl adjacent to an activating group) is 1. The van der Waals surface area contributed by atoms with Crippen LogP contribution in [-0.2, 0) is 10.3 Å². The molecule has 1 aromatic rings. The van der Waals surface area contributed by atoms with Crippen LogP contribution in [0.1, 0.15) is 43.2 Å². The first-order chi connectivity index (χ1) is 10.8. The number of likely N-dealkylation sites (tertiary alicyclic amines) is 1. The Kier molecular flexibility index (Phi) is 4.23. The fourth-order valence-corrected chi connectivity index (χ4v) is 3.41. The van der Waals surface area contributed by atoms with E-state index in [4.69, 9.17) is 4.74 Å². The van der Waals surface area contributed by atoms with Gasteiger partial charge in [0, 0.05) is 25.8 Å². The quantitative estimate of drug-likeness (QED) is 0.787. The summed E-state index contributed by atoms with van der Waals surface area (Å²) in [6.45, 7) is 11.4. The van der Waals surface area contributed by atoms with Crippen LogP contribution in [0.5, 0.6) is 0 Å². The Balaban J connectivity index is 1.77. The van der Waals surface area contributed by atoms with Crippen molar-refractivity contribution < 1.29 is 9.53 Å². The third-order valence-electron chi connectivity index (χ3n) is 4.97. The second-order valence-corrected chi connectivity index (χ2v) is 7.74. The van der Waals surface area contributed by atoms with E-state index in [1.54, 1.807) is 0 Å². The number of carbonyl (C=O) groups is 1. The maximum atomic E-state index is 13.0. The summed E-state index contributed by atoms with van der Waals surface area (Å²) in [6, 6.07) is 0.305. The Morgan fingerprint density at radius 3 is 2.74 bits per heavy atom. The Labute approximate surface area is 138 Å². The maximum Gasteiger partial charge on any atom is 0.257 e. The van der Waals surface area contributed by atoms with Gasteiger partial charge in [-0.05, 0) is 41.2 Å². The molecule has 3 heterocycles. The number of hydrogen-bond donors (Lipinski definition) is 0. The average Bonchev–Trinajstić information content (AvgIpc) is 2.89. The van der Waals surface area contributed by atoms with Crippen LogP contribution in [0.3, 0.4) is 0 Å². The predicted octanol–water partition coefficient (Wildman–Crippen LogP) is 1.49. The molecule has 2 aliphatic rings. The van der Waals surface area contributed by atoms with E-state index in [0.717, 1.165) is 43.9 Å². The van der Waals surface area contributed by atoms with Gasteiger partial charge >= 0.3 is 0 Å². The molecule has 3 rings (SSSR count). The molecule has 0 N–H and O–H groups in total. The van der Waals surface area contributed by atoms with E-state index >= 15 is 0 Å². The normalized spacial score (nSPS) is 26.2. The van der Waals surface area contributed by atoms with Crippen molar-refractivity contribution in [2.24, 2.45) is 0 Å². The molecule has 1 amide bonds. The number of aromatic nitrogens is 2. The van der Waals surface area contributed by atoms with Gasteiger partial charge in [0.25, 0.3) is 5.91 Å². The second-order valence-electron chi connectivity index (χ2n) is 7.74. The summed E-state index contributed by atoms with van der Waals surface area (Å²) in [6.07, 6.45) is 3.06. The highest BCUT2D eigenvalue weighted by Gasteiger charge is 2.37. The minimum Gasteiger partial charge on any atom is -0.375 e. The van der Waals surface area contributed by atoms with Crippen LogP contribution in [0.15, 0.2) is 6.20 Å². The number of nitrogens with zero attached hydrogens (tertiary/aromatic N) is 4. The molecule has 0 bridgehead atoms. The van der Waals surface area contributed by atoms with E-state index in [1.165, 1.54) is 0 Å². The minimum atomic E-state index is -0.117. The first-order valence-corrected chi connectivity index (χ1v) is 8.45. The molecule has 0 saturated carbocycles. The van der Waals surface area contributed by atoms with Gasteiger partial charge in [0.2, 0.25) is 0 Å². The number of amides is 1. The van der Waals surface area contributed by atoms with E-state index in [-0.39, 0.29) is 17.6 Å². The van der Waals surface area contributed by atoms with Gasteiger partial charge in [0.05, 0.1) is 35.5 Å². The number of carbonyl (C=O) groups excluding carboxylic acids is 1. The van der Waals surface area contributed by atoms with Gasteiger partial charge in [-0.25, -0.2) is 0 Å². The van der Waals surface area contributed by atoms with E-state index < -0.39 is 0 Å². The average molecular weight is 320 g/mol. The summed E-state index contributed by atoms with van der Waals surface area (Å²) >= 11 is 0. The summed E-state index contributed by atoms with van der Waals surface area (Å²) in [7, 11) is 2.12. The lowest BCUT2D eigenvalue weighted by Crippen LogP contribution is -2.59. The van der Waals surface area contributed by atoms with Gasteiger partial charge in [-0.3, -0.25) is 14.4 Å². The van der Waals surface area contributed by atoms with Crippen molar-refractivity contribution in [1.82, 2.24) is 19.6 Å². The zero-order valence-corrected chi connectivity index (χ0v) is 14.9. The molecule has 0 aliphatic carbocycles. The van der Waals surface area contributed by atoms with E-state index in [0.29, 0.717) is 6.04 Å². The van der Waals surface area contributed by atoms with Crippen molar-refractivity contribution in [2.45, 2.75) is 51.8 Å². The maximum absolute atomic E-state index is 13.0. The van der Waals surface area contributed by atoms with Gasteiger partial charge in [0.15, 0.2) is 0 Å². The number of aryl methyl sites for hydroxylation is 1. The van der Waals surface area contributed by atoms with Crippen molar-refractivity contribution in [2.75, 3.05) is 33.3 Å². The van der Waals surface area contributed by atoms with Crippen molar-refractivity contribution in [3.05, 3.63) is 17.5 Å². The number of morpholine rings is 1. The van der Waals surface area contributed by atoms with Crippen molar-refractivity contribution in [3.8, 4) is 0 Å². The SMILES string of the molecule is Cc1nn(C(C)(C)C)cc1C(=O)N1CC[C@@H]2OCCN(C)[C@H]2C1. The largest absolute Gasteiger partial charge is 0.375 e. The van der Waals surface area contributed by atoms with Crippen LogP contribution in [0.2, 0.25) is 0 Å². The topological polar surface area (TPSA) is 50.6 Å². The first kappa shape index (κ1) is 16.5. The highest BCUT2D eigenvalue weighted by molar-refractivity contribution is 5.95. The second kappa shape index (κ2) is 5.91. The lowest BCUT2D eigenvalue weighted by Gasteiger charge is -2.45. The lowest BCUT2D eigenvalue weighted by atomic mass is 9.98. The number of rotatable bonds is 1. The third-order valence-corrected chi connectivity index (χ3v) is 4.97. The first-order valence-electron chi connectivity index (χ1n) is 8.45. The molecule has 23 heavy (non-hydrogen) atoms. The Morgan fingerprint density at radius 1 is 1.35 bits per heavy atom. The lowest BCUT2D eigenvalue weighted by molar-refractivity contribution is -0.0893. The molecule has 0 radical (unpaired) electrons. The van der Waals surface area contributed by atoms with E-state index in [2.05, 4.69) is 37.8 Å². The minimum absolute atomic E-state index is 0.0930. The molecular weight excluding hydrogens is 292 g/mol. The van der Waals surface area contributed by atoms with Crippen LogP contribution in [0.4, 0.5) is 0 Å². The fraction of sp³-hybridized carbons (Fsp3) is 0.765. The molecule has 128 valence electrons. The zero-order chi connectivity index (χ0) is 16.8. The molecule has 2 aliphatic heterocycles. The Bertz CT molecular complexity index is 590. The highest BCUT2D eigenvalue weighted by Crippen LogP contribution is 2.24. The summed E-state index contributed by atoms with van der Waals surface area (Å²) in [5.41, 5.74) is 1.41. The standard InChI is InChI=1S/C17H28N4O2/c1-12-13(10-21(18-12)17(2,3)4)16(22)20-7-6-15-14(11-20)19(5)8-9-23-15/h10,14-15H,6-9,11H2,1-5H3/t14-,15-/m0/s1. The molecule has 2 fully saturated rings. The van der Waals surface area contributed by atoms with Gasteiger partial charge in [-0.15, -0.1) is 0 Å². The molecule has 2 atom stereocenters. The van der Waals surface area contributed by atoms with Crippen LogP contribution in [0, 0.1) is 6.92 Å². The van der Waals surface area contributed by atoms with E-state index in [1.807, 2.05) is 22.7 Å². The molecular formula is C17H28N4O2. The van der Waals surface area contributed by atoms with Gasteiger partial charge in [-0.2, -0.15) is 5.10 Å². The van der Waals surface area contributed by atoms with E-state index in [9.17, 15) is 4.79 Å². The fourth-order valence-electron chi connectivity index (χ4n) is 3.41. The van der Waals surface area contributed by atoms with Gasteiger partial charge in [-0.1, -0.05) is 0 Å². The molecule has 0 aromatic carbocycles. The zero-order valence-electron chi connectivity index (χ0n) is 14.9. The molecule has 1 aromatic heterocycles. The highest BCUT2D eigenvalue weighted by atomic mass is 16.5. The summed E-state index contributed by atoms with van der Waals surface area (Å²) in [4.78, 5) is 17.2. The number of piperidine rings is 1. The van der Waals surface area contributed by atoms with Crippen molar-refractivity contribution >= 4 is 5.91 Å². The molecule has 6 heteroatoms. The molecule has 2 saturated heterocycles. The third kappa shape index (κ3) is 3.15. The molecule has 0 spiro atoms.